The molecule has 0 heterocycles. The number of rotatable bonds is 0. The fourth-order valence-electron chi connectivity index (χ4n) is 0. The number of hydrogen-bond acceptors (Lipinski definition) is 12. The number of quaternary nitrogens is 6. The van der Waals surface area contributed by atoms with Gasteiger partial charge < -0.3 is 36.9 Å². The molecule has 0 aromatic heterocycles. The van der Waals surface area contributed by atoms with Crippen molar-refractivity contribution in [3.8, 4) is 0 Å². The van der Waals surface area contributed by atoms with Gasteiger partial charge in [0.1, 0.15) is 0 Å². The standard InChI is InChI=1S/3Mo.6H3N.12O/h;;;6*1H3;;;;;;;;;;;;/q;;;;;;;;;;;;;;;6*-1/p+6. The van der Waals surface area contributed by atoms with E-state index < -0.39 is 50.2 Å². The second-order valence-corrected chi connectivity index (χ2v) is 7.25. The molecule has 0 atom stereocenters. The monoisotopic (exact) mass is 594 g/mol. The van der Waals surface area contributed by atoms with Gasteiger partial charge >= 0.3 is 93.2 Å². The van der Waals surface area contributed by atoms with Crippen LogP contribution in [0.5, 0.6) is 0 Å². The summed E-state index contributed by atoms with van der Waals surface area (Å²) in [6.45, 7) is 0. The fraction of sp³-hybridized carbons (Fsp3) is 0. The van der Waals surface area contributed by atoms with Gasteiger partial charge in [-0.2, -0.15) is 0 Å². The third kappa shape index (κ3) is 46500. The molecule has 0 rings (SSSR count). The van der Waals surface area contributed by atoms with Crippen LogP contribution < -0.4 is 59.5 Å². The predicted octanol–water partition coefficient (Wildman–Crippen LogP) is -5.60. The molecule has 0 spiro atoms. The Kier molecular flexibility index (Phi) is 62.5. The van der Waals surface area contributed by atoms with Crippen LogP contribution in [0.2, 0.25) is 0 Å². The van der Waals surface area contributed by atoms with Gasteiger partial charge in [0.05, 0.1) is 0 Å². The van der Waals surface area contributed by atoms with E-state index in [1.54, 1.807) is 0 Å². The molecule has 21 heavy (non-hydrogen) atoms. The average molecular weight is 588 g/mol. The second-order valence-electron chi connectivity index (χ2n) is 1.22. The van der Waals surface area contributed by atoms with Crippen molar-refractivity contribution in [1.29, 1.82) is 0 Å². The molecule has 21 heteroatoms. The van der Waals surface area contributed by atoms with Crippen molar-refractivity contribution in [1.82, 2.24) is 36.9 Å². The summed E-state index contributed by atoms with van der Waals surface area (Å²) in [5, 5.41) is 0. The third-order valence-corrected chi connectivity index (χ3v) is 0. The van der Waals surface area contributed by atoms with Gasteiger partial charge in [-0.3, -0.25) is 0 Å². The van der Waals surface area contributed by atoms with Crippen molar-refractivity contribution >= 4 is 0 Å². The molecule has 0 aliphatic carbocycles. The van der Waals surface area contributed by atoms with Crippen LogP contribution in [0, 0.1) is 0 Å². The molecule has 0 unspecified atom stereocenters. The van der Waals surface area contributed by atoms with Gasteiger partial charge in [-0.25, -0.2) is 0 Å². The van der Waals surface area contributed by atoms with Crippen molar-refractivity contribution < 1.29 is 93.2 Å². The molecule has 0 aliphatic heterocycles. The fourth-order valence-corrected chi connectivity index (χ4v) is 0. The summed E-state index contributed by atoms with van der Waals surface area (Å²) >= 11 is -18.1. The molecule has 0 amide bonds. The Hall–Kier alpha value is 0.385. The van der Waals surface area contributed by atoms with E-state index in [1.165, 1.54) is 0 Å². The molecule has 0 saturated heterocycles. The summed E-state index contributed by atoms with van der Waals surface area (Å²) in [5.41, 5.74) is 0. The molecular weight excluding hydrogens is 564 g/mol. The zero-order valence-electron chi connectivity index (χ0n) is 12.1. The van der Waals surface area contributed by atoms with Crippen molar-refractivity contribution in [3.05, 3.63) is 0 Å². The van der Waals surface area contributed by atoms with E-state index in [9.17, 15) is 0 Å². The predicted molar refractivity (Wildman–Crippen MR) is 40.0 cm³/mol. The summed E-state index contributed by atoms with van der Waals surface area (Å²) in [4.78, 5) is 0. The first kappa shape index (κ1) is 57.9. The Labute approximate surface area is 129 Å². The van der Waals surface area contributed by atoms with Crippen LogP contribution in [-0.2, 0) is 70.6 Å². The Morgan fingerprint density at radius 3 is 0.333 bits per heavy atom. The molecule has 0 aromatic carbocycles. The quantitative estimate of drug-likeness (QED) is 0.144. The van der Waals surface area contributed by atoms with Gasteiger partial charge in [0.25, 0.3) is 0 Å². The van der Waals surface area contributed by atoms with Gasteiger partial charge in [0.2, 0.25) is 0 Å². The van der Waals surface area contributed by atoms with Crippen molar-refractivity contribution in [3.63, 3.8) is 0 Å². The van der Waals surface area contributed by atoms with Crippen molar-refractivity contribution in [2.24, 2.45) is 0 Å². The van der Waals surface area contributed by atoms with E-state index in [1.807, 2.05) is 0 Å². The topological polar surface area (TPSA) is 460 Å². The molecule has 24 N–H and O–H groups in total. The van der Waals surface area contributed by atoms with Crippen LogP contribution in [0.4, 0.5) is 0 Å². The van der Waals surface area contributed by atoms with Crippen LogP contribution in [0.25, 0.3) is 0 Å². The Morgan fingerprint density at radius 1 is 0.333 bits per heavy atom. The van der Waals surface area contributed by atoms with Crippen LogP contribution in [0.3, 0.4) is 0 Å². The summed E-state index contributed by atoms with van der Waals surface area (Å²) in [7, 11) is 0. The van der Waals surface area contributed by atoms with Crippen LogP contribution in [-0.4, -0.2) is 0 Å². The van der Waals surface area contributed by atoms with Crippen LogP contribution in [0.15, 0.2) is 0 Å². The summed E-state index contributed by atoms with van der Waals surface area (Å²) < 4.78 is 104. The van der Waals surface area contributed by atoms with E-state index in [4.69, 9.17) is 42.9 Å². The van der Waals surface area contributed by atoms with E-state index >= 15 is 0 Å². The number of hydrogen-bond donors (Lipinski definition) is 6. The van der Waals surface area contributed by atoms with Crippen LogP contribution >= 0.6 is 0 Å². The third-order valence-electron chi connectivity index (χ3n) is 0. The van der Waals surface area contributed by atoms with Gasteiger partial charge in [0.15, 0.2) is 0 Å². The second kappa shape index (κ2) is 22.7. The van der Waals surface area contributed by atoms with Crippen molar-refractivity contribution in [2.45, 2.75) is 0 Å². The Morgan fingerprint density at radius 2 is 0.333 bits per heavy atom. The molecule has 0 radical (unpaired) electrons. The van der Waals surface area contributed by atoms with Gasteiger partial charge in [-0.1, -0.05) is 0 Å². The minimum atomic E-state index is -6.02. The molecule has 0 saturated carbocycles. The molecule has 0 aromatic rings. The van der Waals surface area contributed by atoms with Gasteiger partial charge in [-0.05, 0) is 0 Å². The Bertz CT molecular complexity index is 350. The first-order chi connectivity index (χ1) is 6.00. The molecular formula is H24Mo3N6O12. The van der Waals surface area contributed by atoms with Gasteiger partial charge in [0, 0.05) is 0 Å². The summed E-state index contributed by atoms with van der Waals surface area (Å²) in [6, 6.07) is 0. The van der Waals surface area contributed by atoms with Crippen LogP contribution in [0.1, 0.15) is 0 Å². The summed E-state index contributed by atoms with van der Waals surface area (Å²) in [5.74, 6) is 0. The molecule has 0 bridgehead atoms. The average Bonchev–Trinajstić information content (AvgIpc) is 1.41. The first-order valence-corrected chi connectivity index (χ1v) is 11.8. The summed E-state index contributed by atoms with van der Waals surface area (Å²) in [6.07, 6.45) is 0. The van der Waals surface area contributed by atoms with E-state index in [-0.39, 0.29) is 36.9 Å². The Balaban J connectivity index is -0.0000000129. The minimum absolute atomic E-state index is 0. The maximum atomic E-state index is 8.63. The SMILES string of the molecule is [NH4+].[NH4+].[NH4+].[NH4+].[NH4+].[NH4+].[O]=[Mo](=[O])([O-])[O-].[O]=[Mo](=[O])([O-])[O-].[O]=[Mo](=[O])([O-])[O-]. The normalized spacial score (nSPS) is 8.29. The first-order valence-electron chi connectivity index (χ1n) is 2.00. The zero-order chi connectivity index (χ0) is 13.5. The molecule has 18 nitrogen and oxygen atoms in total. The van der Waals surface area contributed by atoms with Gasteiger partial charge in [-0.15, -0.1) is 0 Å². The zero-order valence-corrected chi connectivity index (χ0v) is 18.1. The maximum absolute atomic E-state index is 8.63. The molecule has 0 aliphatic rings. The van der Waals surface area contributed by atoms with Crippen molar-refractivity contribution in [2.75, 3.05) is 0 Å². The molecule has 0 fully saturated rings. The van der Waals surface area contributed by atoms with E-state index in [2.05, 4.69) is 0 Å². The van der Waals surface area contributed by atoms with E-state index in [0.29, 0.717) is 0 Å². The van der Waals surface area contributed by atoms with E-state index in [0.717, 1.165) is 0 Å². The molecule has 144 valence electrons.